The molecule has 0 saturated heterocycles. The number of aliphatic carboxylic acids is 1. The Hall–Kier alpha value is -1.59. The van der Waals surface area contributed by atoms with Gasteiger partial charge >= 0.3 is 12.0 Å². The van der Waals surface area contributed by atoms with E-state index in [0.29, 0.717) is 5.92 Å². The molecule has 6 nitrogen and oxygen atoms in total. The maximum Gasteiger partial charge on any atom is 0.321 e. The molecule has 0 spiro atoms. The maximum atomic E-state index is 11.7. The maximum absolute atomic E-state index is 11.7. The number of hydrogen-bond donors (Lipinski definition) is 3. The molecule has 0 aliphatic carbocycles. The summed E-state index contributed by atoms with van der Waals surface area (Å²) in [5.74, 6) is -0.973. The highest BCUT2D eigenvalue weighted by Gasteiger charge is 2.26. The van der Waals surface area contributed by atoms with Crippen LogP contribution >= 0.6 is 0 Å². The van der Waals surface area contributed by atoms with Crippen LogP contribution in [-0.4, -0.2) is 29.1 Å². The first kappa shape index (κ1) is 18.4. The normalized spacial score (nSPS) is 12.9. The van der Waals surface area contributed by atoms with Gasteiger partial charge in [-0.1, -0.05) is 27.7 Å². The van der Waals surface area contributed by atoms with E-state index in [1.165, 1.54) is 0 Å². The molecule has 0 bridgehead atoms. The zero-order valence-corrected chi connectivity index (χ0v) is 12.9. The molecule has 1 unspecified atom stereocenters. The predicted octanol–water partition coefficient (Wildman–Crippen LogP) is 2.14. The highest BCUT2D eigenvalue weighted by atomic mass is 16.4. The Morgan fingerprint density at radius 2 is 1.65 bits per heavy atom. The molecule has 1 atom stereocenters. The third-order valence-electron chi connectivity index (χ3n) is 2.72. The second-order valence-electron chi connectivity index (χ2n) is 6.46. The van der Waals surface area contributed by atoms with Crippen LogP contribution in [0.4, 0.5) is 4.79 Å². The summed E-state index contributed by atoms with van der Waals surface area (Å²) in [5.41, 5.74) is -0.681. The van der Waals surface area contributed by atoms with E-state index >= 15 is 0 Å². The molecule has 116 valence electrons. The molecule has 0 rings (SSSR count). The van der Waals surface area contributed by atoms with Crippen molar-refractivity contribution in [2.45, 2.75) is 59.9 Å². The molecule has 0 saturated carbocycles. The van der Waals surface area contributed by atoms with Crippen LogP contribution in [0.2, 0.25) is 0 Å². The van der Waals surface area contributed by atoms with Gasteiger partial charge in [0.2, 0.25) is 5.91 Å². The van der Waals surface area contributed by atoms with Crippen LogP contribution in [0, 0.1) is 11.3 Å². The molecular weight excluding hydrogens is 260 g/mol. The lowest BCUT2D eigenvalue weighted by molar-refractivity contribution is -0.139. The summed E-state index contributed by atoms with van der Waals surface area (Å²) in [7, 11) is 0. The quantitative estimate of drug-likeness (QED) is 0.668. The summed E-state index contributed by atoms with van der Waals surface area (Å²) in [6.45, 7) is 9.34. The van der Waals surface area contributed by atoms with Crippen molar-refractivity contribution in [2.75, 3.05) is 0 Å². The van der Waals surface area contributed by atoms with Crippen LogP contribution in [0.1, 0.15) is 53.9 Å². The molecular formula is C14H26N2O4. The fraction of sp³-hybridized carbons (Fsp3) is 0.786. The molecule has 0 aromatic heterocycles. The number of nitrogens with one attached hydrogen (secondary N) is 2. The minimum Gasteiger partial charge on any atom is -0.481 e. The summed E-state index contributed by atoms with van der Waals surface area (Å²) in [6, 6.07) is -0.552. The Kier molecular flexibility index (Phi) is 7.24. The fourth-order valence-electron chi connectivity index (χ4n) is 2.10. The SMILES string of the molecule is CC(C)CC(C)NC(=O)NC(=O)CC(C)(C)CC(=O)O. The van der Waals surface area contributed by atoms with Crippen molar-refractivity contribution < 1.29 is 19.5 Å². The number of hydrogen-bond acceptors (Lipinski definition) is 3. The Bertz CT molecular complexity index is 364. The monoisotopic (exact) mass is 286 g/mol. The highest BCUT2D eigenvalue weighted by Crippen LogP contribution is 2.24. The summed E-state index contributed by atoms with van der Waals surface area (Å²) in [4.78, 5) is 33.9. The average Bonchev–Trinajstić information content (AvgIpc) is 2.09. The molecule has 0 radical (unpaired) electrons. The van der Waals surface area contributed by atoms with Gasteiger partial charge in [-0.25, -0.2) is 4.79 Å². The molecule has 20 heavy (non-hydrogen) atoms. The van der Waals surface area contributed by atoms with Crippen LogP contribution < -0.4 is 10.6 Å². The summed E-state index contributed by atoms with van der Waals surface area (Å²) in [6.07, 6.45) is 0.698. The molecule has 0 aliphatic heterocycles. The van der Waals surface area contributed by atoms with Crippen molar-refractivity contribution in [2.24, 2.45) is 11.3 Å². The van der Waals surface area contributed by atoms with Gasteiger partial charge in [-0.05, 0) is 24.7 Å². The minimum atomic E-state index is -0.960. The minimum absolute atomic E-state index is 0.00865. The van der Waals surface area contributed by atoms with Crippen LogP contribution in [-0.2, 0) is 9.59 Å². The number of imide groups is 1. The Labute approximate surface area is 120 Å². The first-order valence-electron chi connectivity index (χ1n) is 6.84. The van der Waals surface area contributed by atoms with Gasteiger partial charge in [0, 0.05) is 12.5 Å². The topological polar surface area (TPSA) is 95.5 Å². The number of carboxylic acid groups (broad SMARTS) is 1. The Morgan fingerprint density at radius 3 is 2.10 bits per heavy atom. The fourth-order valence-corrected chi connectivity index (χ4v) is 2.10. The van der Waals surface area contributed by atoms with E-state index in [4.69, 9.17) is 5.11 Å². The van der Waals surface area contributed by atoms with Gasteiger partial charge in [0.25, 0.3) is 0 Å². The second kappa shape index (κ2) is 7.87. The first-order chi connectivity index (χ1) is 9.01. The number of carbonyl (C=O) groups excluding carboxylic acids is 2. The van der Waals surface area contributed by atoms with E-state index < -0.39 is 23.3 Å². The van der Waals surface area contributed by atoms with Gasteiger partial charge in [0.15, 0.2) is 0 Å². The van der Waals surface area contributed by atoms with E-state index in [1.54, 1.807) is 13.8 Å². The van der Waals surface area contributed by atoms with Gasteiger partial charge in [-0.15, -0.1) is 0 Å². The van der Waals surface area contributed by atoms with Crippen molar-refractivity contribution in [3.05, 3.63) is 0 Å². The van der Waals surface area contributed by atoms with Crippen molar-refractivity contribution in [3.63, 3.8) is 0 Å². The van der Waals surface area contributed by atoms with Crippen molar-refractivity contribution in [1.82, 2.24) is 10.6 Å². The molecule has 0 aromatic rings. The second-order valence-corrected chi connectivity index (χ2v) is 6.46. The molecule has 3 N–H and O–H groups in total. The molecule has 0 aliphatic rings. The summed E-state index contributed by atoms with van der Waals surface area (Å²) in [5, 5.41) is 13.6. The van der Waals surface area contributed by atoms with Crippen LogP contribution in [0.15, 0.2) is 0 Å². The lowest BCUT2D eigenvalue weighted by Gasteiger charge is -2.22. The smallest absolute Gasteiger partial charge is 0.321 e. The number of carbonyl (C=O) groups is 3. The first-order valence-corrected chi connectivity index (χ1v) is 6.84. The van der Waals surface area contributed by atoms with Crippen molar-refractivity contribution in [1.29, 1.82) is 0 Å². The summed E-state index contributed by atoms with van der Waals surface area (Å²) >= 11 is 0. The molecule has 0 aromatic carbocycles. The largest absolute Gasteiger partial charge is 0.481 e. The van der Waals surface area contributed by atoms with Gasteiger partial charge in [-0.2, -0.15) is 0 Å². The predicted molar refractivity (Wildman–Crippen MR) is 76.2 cm³/mol. The van der Waals surface area contributed by atoms with Gasteiger partial charge in [0.1, 0.15) is 0 Å². The Balaban J connectivity index is 4.20. The third kappa shape index (κ3) is 9.35. The van der Waals surface area contributed by atoms with Crippen molar-refractivity contribution >= 4 is 17.9 Å². The van der Waals surface area contributed by atoms with Gasteiger partial charge in [0.05, 0.1) is 6.42 Å². The lowest BCUT2D eigenvalue weighted by atomic mass is 9.85. The lowest BCUT2D eigenvalue weighted by Crippen LogP contribution is -2.44. The molecule has 0 fully saturated rings. The van der Waals surface area contributed by atoms with E-state index in [-0.39, 0.29) is 18.9 Å². The van der Waals surface area contributed by atoms with E-state index in [9.17, 15) is 14.4 Å². The van der Waals surface area contributed by atoms with Crippen LogP contribution in [0.5, 0.6) is 0 Å². The van der Waals surface area contributed by atoms with Crippen LogP contribution in [0.25, 0.3) is 0 Å². The highest BCUT2D eigenvalue weighted by molar-refractivity contribution is 5.94. The zero-order chi connectivity index (χ0) is 15.9. The summed E-state index contributed by atoms with van der Waals surface area (Å²) < 4.78 is 0. The van der Waals surface area contributed by atoms with E-state index in [2.05, 4.69) is 24.5 Å². The number of rotatable bonds is 7. The van der Waals surface area contributed by atoms with E-state index in [1.807, 2.05) is 6.92 Å². The molecule has 3 amide bonds. The van der Waals surface area contributed by atoms with Gasteiger partial charge < -0.3 is 10.4 Å². The molecule has 0 heterocycles. The number of amides is 3. The zero-order valence-electron chi connectivity index (χ0n) is 12.9. The Morgan fingerprint density at radius 1 is 1.10 bits per heavy atom. The van der Waals surface area contributed by atoms with Gasteiger partial charge in [-0.3, -0.25) is 14.9 Å². The average molecular weight is 286 g/mol. The third-order valence-corrected chi connectivity index (χ3v) is 2.72. The number of urea groups is 1. The van der Waals surface area contributed by atoms with Crippen molar-refractivity contribution in [3.8, 4) is 0 Å². The standard InChI is InChI=1S/C14H26N2O4/c1-9(2)6-10(3)15-13(20)16-11(17)7-14(4,5)8-12(18)19/h9-10H,6-8H2,1-5H3,(H,18,19)(H2,15,16,17,20). The molecule has 6 heteroatoms. The van der Waals surface area contributed by atoms with E-state index in [0.717, 1.165) is 6.42 Å². The van der Waals surface area contributed by atoms with Crippen LogP contribution in [0.3, 0.4) is 0 Å². The number of carboxylic acids is 1.